The molecule has 7 heavy (non-hydrogen) atoms. The highest BCUT2D eigenvalue weighted by molar-refractivity contribution is 5.19. The molecule has 0 aliphatic rings. The highest BCUT2D eigenvalue weighted by Crippen LogP contribution is 1.84. The maximum Gasteiger partial charge on any atom is 0.168 e. The van der Waals surface area contributed by atoms with Crippen molar-refractivity contribution in [2.24, 2.45) is 0 Å². The first-order valence-electron chi connectivity index (χ1n) is 1.72. The maximum absolute atomic E-state index is 5.10. The monoisotopic (exact) mass is 99.1 g/mol. The average Bonchev–Trinajstić information content (AvgIpc) is 1.87. The highest BCUT2D eigenvalue weighted by Gasteiger charge is 1.85. The summed E-state index contributed by atoms with van der Waals surface area (Å²) in [5, 5.41) is 6.72. The summed E-state index contributed by atoms with van der Waals surface area (Å²) >= 11 is 0. The Morgan fingerprint density at radius 3 is 2.57 bits per heavy atom. The van der Waals surface area contributed by atoms with Crippen molar-refractivity contribution in [1.29, 1.82) is 0 Å². The lowest BCUT2D eigenvalue weighted by Gasteiger charge is -1.76. The second kappa shape index (κ2) is 1.11. The minimum Gasteiger partial charge on any atom is -0.381 e. The Hall–Kier alpha value is -1.26. The molecule has 0 saturated carbocycles. The summed E-state index contributed by atoms with van der Waals surface area (Å²) in [7, 11) is 0. The van der Waals surface area contributed by atoms with Gasteiger partial charge >= 0.3 is 0 Å². The van der Waals surface area contributed by atoms with Crippen molar-refractivity contribution in [3.05, 3.63) is 6.20 Å². The molecule has 4 N–H and O–H groups in total. The molecule has 0 aliphatic heterocycles. The lowest BCUT2D eigenvalue weighted by molar-refractivity contribution is 0.766. The second-order valence-corrected chi connectivity index (χ2v) is 1.12. The normalized spacial score (nSPS) is 9.14. The number of hydrogen-bond acceptors (Lipinski definition) is 4. The van der Waals surface area contributed by atoms with E-state index in [-0.39, 0.29) is 0 Å². The van der Waals surface area contributed by atoms with Crippen LogP contribution in [0.15, 0.2) is 6.20 Å². The molecule has 0 atom stereocenters. The van der Waals surface area contributed by atoms with Crippen LogP contribution in [-0.4, -0.2) is 15.1 Å². The molecule has 0 aliphatic carbocycles. The van der Waals surface area contributed by atoms with Crippen molar-refractivity contribution >= 4 is 5.82 Å². The summed E-state index contributed by atoms with van der Waals surface area (Å²) in [4.78, 5) is 1.05. The Morgan fingerprint density at radius 2 is 2.43 bits per heavy atom. The summed E-state index contributed by atoms with van der Waals surface area (Å²) in [6.07, 6.45) is 1.42. The van der Waals surface area contributed by atoms with E-state index in [0.717, 1.165) is 4.79 Å². The standard InChI is InChI=1S/C2H5N5/c3-2-1-7(4)6-5-2/h1H,3-4H2. The van der Waals surface area contributed by atoms with Crippen LogP contribution in [0.4, 0.5) is 5.82 Å². The van der Waals surface area contributed by atoms with E-state index >= 15 is 0 Å². The van der Waals surface area contributed by atoms with Crippen molar-refractivity contribution in [2.75, 3.05) is 11.6 Å². The molecule has 1 aromatic rings. The molecule has 0 radical (unpaired) electrons. The van der Waals surface area contributed by atoms with E-state index in [1.54, 1.807) is 0 Å². The van der Waals surface area contributed by atoms with Gasteiger partial charge in [0.15, 0.2) is 5.82 Å². The summed E-state index contributed by atoms with van der Waals surface area (Å²) in [5.74, 6) is 5.38. The Morgan fingerprint density at radius 1 is 1.71 bits per heavy atom. The highest BCUT2D eigenvalue weighted by atomic mass is 15.6. The molecule has 0 amide bonds. The van der Waals surface area contributed by atoms with Crippen molar-refractivity contribution in [3.63, 3.8) is 0 Å². The van der Waals surface area contributed by atoms with Crippen LogP contribution in [-0.2, 0) is 0 Å². The van der Waals surface area contributed by atoms with Crippen LogP contribution in [0.5, 0.6) is 0 Å². The summed E-state index contributed by atoms with van der Waals surface area (Å²) in [5.41, 5.74) is 5.10. The molecule has 1 aromatic heterocycles. The predicted molar refractivity (Wildman–Crippen MR) is 24.6 cm³/mol. The van der Waals surface area contributed by atoms with Gasteiger partial charge in [0, 0.05) is 0 Å². The van der Waals surface area contributed by atoms with Crippen molar-refractivity contribution in [1.82, 2.24) is 15.1 Å². The molecule has 38 valence electrons. The third-order valence-electron chi connectivity index (χ3n) is 0.528. The lowest BCUT2D eigenvalue weighted by atomic mass is 10.8. The minimum atomic E-state index is 0.336. The van der Waals surface area contributed by atoms with Crippen molar-refractivity contribution < 1.29 is 0 Å². The molecule has 0 fully saturated rings. The molecule has 1 rings (SSSR count). The van der Waals surface area contributed by atoms with Gasteiger partial charge < -0.3 is 11.6 Å². The fourth-order valence-electron chi connectivity index (χ4n) is 0.290. The number of nitrogens with two attached hydrogens (primary N) is 2. The topological polar surface area (TPSA) is 82.8 Å². The van der Waals surface area contributed by atoms with Gasteiger partial charge in [0.25, 0.3) is 0 Å². The van der Waals surface area contributed by atoms with E-state index in [0.29, 0.717) is 5.82 Å². The molecule has 5 nitrogen and oxygen atoms in total. The van der Waals surface area contributed by atoms with Gasteiger partial charge in [-0.15, -0.1) is 5.10 Å². The smallest absolute Gasteiger partial charge is 0.168 e. The van der Waals surface area contributed by atoms with E-state index in [4.69, 9.17) is 11.6 Å². The van der Waals surface area contributed by atoms with Crippen LogP contribution in [0.2, 0.25) is 0 Å². The molecule has 5 heteroatoms. The molecular weight excluding hydrogens is 94.1 g/mol. The van der Waals surface area contributed by atoms with Gasteiger partial charge in [0.1, 0.15) is 0 Å². The van der Waals surface area contributed by atoms with Crippen LogP contribution in [0, 0.1) is 0 Å². The maximum atomic E-state index is 5.10. The number of rotatable bonds is 0. The quantitative estimate of drug-likeness (QED) is 0.391. The van der Waals surface area contributed by atoms with Crippen LogP contribution in [0.1, 0.15) is 0 Å². The molecule has 0 saturated heterocycles. The summed E-state index contributed by atoms with van der Waals surface area (Å²) < 4.78 is 0. The molecule has 0 aromatic carbocycles. The first kappa shape index (κ1) is 3.91. The van der Waals surface area contributed by atoms with Gasteiger partial charge in [-0.3, -0.25) is 0 Å². The third kappa shape index (κ3) is 0.594. The number of nitrogen functional groups attached to an aromatic ring is 2. The number of aromatic nitrogens is 3. The van der Waals surface area contributed by atoms with E-state index < -0.39 is 0 Å². The van der Waals surface area contributed by atoms with E-state index in [1.807, 2.05) is 0 Å². The fraction of sp³-hybridized carbons (Fsp3) is 0. The van der Waals surface area contributed by atoms with Crippen LogP contribution in [0.25, 0.3) is 0 Å². The van der Waals surface area contributed by atoms with E-state index in [9.17, 15) is 0 Å². The van der Waals surface area contributed by atoms with Crippen molar-refractivity contribution in [3.8, 4) is 0 Å². The van der Waals surface area contributed by atoms with Crippen LogP contribution in [0.3, 0.4) is 0 Å². The Labute approximate surface area is 39.9 Å². The molecule has 0 bridgehead atoms. The summed E-state index contributed by atoms with van der Waals surface area (Å²) in [6, 6.07) is 0. The molecule has 0 spiro atoms. The first-order valence-corrected chi connectivity index (χ1v) is 1.72. The fourth-order valence-corrected chi connectivity index (χ4v) is 0.290. The van der Waals surface area contributed by atoms with Gasteiger partial charge in [-0.1, -0.05) is 0 Å². The Kier molecular flexibility index (Phi) is 0.619. The van der Waals surface area contributed by atoms with Gasteiger partial charge in [-0.2, -0.15) is 4.79 Å². The lowest BCUT2D eigenvalue weighted by Crippen LogP contribution is -2.07. The third-order valence-corrected chi connectivity index (χ3v) is 0.528. The van der Waals surface area contributed by atoms with Gasteiger partial charge in [0.2, 0.25) is 0 Å². The molecular formula is C2H5N5. The second-order valence-electron chi connectivity index (χ2n) is 1.12. The largest absolute Gasteiger partial charge is 0.381 e. The number of nitrogens with zero attached hydrogens (tertiary/aromatic N) is 3. The van der Waals surface area contributed by atoms with Crippen LogP contribution < -0.4 is 11.6 Å². The molecule has 1 heterocycles. The SMILES string of the molecule is Nc1cn(N)nn1. The van der Waals surface area contributed by atoms with E-state index in [1.165, 1.54) is 6.20 Å². The first-order chi connectivity index (χ1) is 3.29. The minimum absolute atomic E-state index is 0.336. The van der Waals surface area contributed by atoms with E-state index in [2.05, 4.69) is 10.3 Å². The van der Waals surface area contributed by atoms with Crippen molar-refractivity contribution in [2.45, 2.75) is 0 Å². The van der Waals surface area contributed by atoms with Gasteiger partial charge in [-0.25, -0.2) is 0 Å². The number of hydrogen-bond donors (Lipinski definition) is 2. The Balaban J connectivity index is 3.04. The summed E-state index contributed by atoms with van der Waals surface area (Å²) in [6.45, 7) is 0. The Bertz CT molecular complexity index is 138. The zero-order chi connectivity index (χ0) is 5.28. The average molecular weight is 99.1 g/mol. The molecule has 0 unspecified atom stereocenters. The van der Waals surface area contributed by atoms with Crippen LogP contribution >= 0.6 is 0 Å². The zero-order valence-corrected chi connectivity index (χ0v) is 3.57. The van der Waals surface area contributed by atoms with Gasteiger partial charge in [-0.05, 0) is 5.21 Å². The van der Waals surface area contributed by atoms with Gasteiger partial charge in [0.05, 0.1) is 6.20 Å². The zero-order valence-electron chi connectivity index (χ0n) is 3.57. The number of anilines is 1. The predicted octanol–water partition coefficient (Wildman–Crippen LogP) is -1.43.